The third kappa shape index (κ3) is 3.14. The number of rotatable bonds is 4. The number of hydrogen-bond acceptors (Lipinski definition) is 3. The Kier molecular flexibility index (Phi) is 3.50. The van der Waals surface area contributed by atoms with Gasteiger partial charge in [-0.2, -0.15) is 0 Å². The molecule has 0 unspecified atom stereocenters. The van der Waals surface area contributed by atoms with Gasteiger partial charge in [0.25, 0.3) is 0 Å². The van der Waals surface area contributed by atoms with Gasteiger partial charge in [-0.05, 0) is 23.8 Å². The molecule has 0 bridgehead atoms. The van der Waals surface area contributed by atoms with E-state index in [1.54, 1.807) is 18.2 Å². The van der Waals surface area contributed by atoms with Crippen LogP contribution in [0.5, 0.6) is 5.75 Å². The summed E-state index contributed by atoms with van der Waals surface area (Å²) in [5, 5.41) is 0. The van der Waals surface area contributed by atoms with Crippen molar-refractivity contribution in [2.24, 2.45) is 0 Å². The van der Waals surface area contributed by atoms with E-state index in [-0.39, 0.29) is 0 Å². The lowest BCUT2D eigenvalue weighted by molar-refractivity contribution is 0.323. The van der Waals surface area contributed by atoms with Crippen molar-refractivity contribution in [2.75, 3.05) is 18.1 Å². The van der Waals surface area contributed by atoms with Gasteiger partial charge in [0.2, 0.25) is 0 Å². The lowest BCUT2D eigenvalue weighted by Gasteiger charge is -2.09. The van der Waals surface area contributed by atoms with Crippen LogP contribution in [-0.4, -0.2) is 6.61 Å². The van der Waals surface area contributed by atoms with Gasteiger partial charge >= 0.3 is 0 Å². The van der Waals surface area contributed by atoms with Gasteiger partial charge in [-0.1, -0.05) is 30.3 Å². The molecular weight excluding hydrogens is 212 g/mol. The minimum absolute atomic E-state index is 0.582. The fourth-order valence-corrected chi connectivity index (χ4v) is 1.62. The van der Waals surface area contributed by atoms with Crippen molar-refractivity contribution in [2.45, 2.75) is 6.42 Å². The molecule has 0 aliphatic heterocycles. The molecule has 0 amide bonds. The lowest BCUT2D eigenvalue weighted by Crippen LogP contribution is -2.03. The molecule has 3 nitrogen and oxygen atoms in total. The van der Waals surface area contributed by atoms with Crippen molar-refractivity contribution < 1.29 is 4.74 Å². The van der Waals surface area contributed by atoms with Gasteiger partial charge in [0, 0.05) is 12.1 Å². The number of ether oxygens (including phenoxy) is 1. The minimum Gasteiger partial charge on any atom is -0.491 e. The van der Waals surface area contributed by atoms with E-state index >= 15 is 0 Å². The first-order valence-electron chi connectivity index (χ1n) is 5.57. The summed E-state index contributed by atoms with van der Waals surface area (Å²) in [6.45, 7) is 0.609. The Bertz CT molecular complexity index is 483. The zero-order chi connectivity index (χ0) is 12.1. The average Bonchev–Trinajstić information content (AvgIpc) is 2.33. The van der Waals surface area contributed by atoms with Crippen molar-refractivity contribution in [1.29, 1.82) is 0 Å². The highest BCUT2D eigenvalue weighted by Crippen LogP contribution is 2.23. The maximum Gasteiger partial charge on any atom is 0.142 e. The van der Waals surface area contributed by atoms with Crippen LogP contribution in [0, 0.1) is 0 Å². The van der Waals surface area contributed by atoms with Crippen molar-refractivity contribution in [3.05, 3.63) is 54.1 Å². The van der Waals surface area contributed by atoms with Crippen molar-refractivity contribution in [3.63, 3.8) is 0 Å². The summed E-state index contributed by atoms with van der Waals surface area (Å²) < 4.78 is 5.62. The second kappa shape index (κ2) is 5.25. The highest BCUT2D eigenvalue weighted by Gasteiger charge is 2.00. The molecule has 4 N–H and O–H groups in total. The van der Waals surface area contributed by atoms with E-state index in [9.17, 15) is 0 Å². The lowest BCUT2D eigenvalue weighted by atomic mass is 10.2. The second-order valence-corrected chi connectivity index (χ2v) is 3.88. The Morgan fingerprint density at radius 1 is 0.941 bits per heavy atom. The molecule has 0 heterocycles. The molecule has 0 aliphatic carbocycles. The summed E-state index contributed by atoms with van der Waals surface area (Å²) in [5.41, 5.74) is 13.9. The highest BCUT2D eigenvalue weighted by molar-refractivity contribution is 5.60. The molecule has 0 saturated heterocycles. The maximum atomic E-state index is 5.80. The van der Waals surface area contributed by atoms with E-state index < -0.39 is 0 Å². The highest BCUT2D eigenvalue weighted by atomic mass is 16.5. The zero-order valence-corrected chi connectivity index (χ0v) is 9.60. The molecule has 0 atom stereocenters. The van der Waals surface area contributed by atoms with Crippen molar-refractivity contribution in [1.82, 2.24) is 0 Å². The van der Waals surface area contributed by atoms with Gasteiger partial charge in [0.05, 0.1) is 12.3 Å². The number of benzene rings is 2. The fourth-order valence-electron chi connectivity index (χ4n) is 1.62. The quantitative estimate of drug-likeness (QED) is 0.790. The molecule has 0 spiro atoms. The predicted octanol–water partition coefficient (Wildman–Crippen LogP) is 2.47. The predicted molar refractivity (Wildman–Crippen MR) is 70.9 cm³/mol. The summed E-state index contributed by atoms with van der Waals surface area (Å²) in [6, 6.07) is 15.5. The summed E-state index contributed by atoms with van der Waals surface area (Å²) in [5.74, 6) is 0.690. The minimum atomic E-state index is 0.582. The fraction of sp³-hybridized carbons (Fsp3) is 0.143. The molecule has 2 aromatic carbocycles. The summed E-state index contributed by atoms with van der Waals surface area (Å²) >= 11 is 0. The number of nitrogen functional groups attached to an aromatic ring is 2. The Hall–Kier alpha value is -2.16. The molecular formula is C14H16N2O. The van der Waals surface area contributed by atoms with Gasteiger partial charge in [-0.25, -0.2) is 0 Å². The molecule has 2 rings (SSSR count). The zero-order valence-electron chi connectivity index (χ0n) is 9.60. The van der Waals surface area contributed by atoms with E-state index in [4.69, 9.17) is 16.2 Å². The molecule has 0 fully saturated rings. The summed E-state index contributed by atoms with van der Waals surface area (Å²) in [4.78, 5) is 0. The van der Waals surface area contributed by atoms with Crippen LogP contribution in [0.15, 0.2) is 48.5 Å². The topological polar surface area (TPSA) is 61.3 Å². The Labute approximate surface area is 101 Å². The van der Waals surface area contributed by atoms with E-state index in [2.05, 4.69) is 12.1 Å². The van der Waals surface area contributed by atoms with Gasteiger partial charge < -0.3 is 16.2 Å². The molecule has 17 heavy (non-hydrogen) atoms. The van der Waals surface area contributed by atoms with Crippen LogP contribution in [0.1, 0.15) is 5.56 Å². The maximum absolute atomic E-state index is 5.80. The van der Waals surface area contributed by atoms with Crippen LogP contribution in [-0.2, 0) is 6.42 Å². The SMILES string of the molecule is Nc1ccc(OCCc2ccccc2)c(N)c1. The largest absolute Gasteiger partial charge is 0.491 e. The van der Waals surface area contributed by atoms with Crippen molar-refractivity contribution >= 4 is 11.4 Å². The van der Waals surface area contributed by atoms with E-state index in [1.807, 2.05) is 18.2 Å². The van der Waals surface area contributed by atoms with E-state index in [0.717, 1.165) is 6.42 Å². The summed E-state index contributed by atoms with van der Waals surface area (Å²) in [7, 11) is 0. The van der Waals surface area contributed by atoms with Crippen LogP contribution in [0.2, 0.25) is 0 Å². The molecule has 3 heteroatoms. The second-order valence-electron chi connectivity index (χ2n) is 3.88. The Morgan fingerprint density at radius 3 is 2.41 bits per heavy atom. The third-order valence-electron chi connectivity index (χ3n) is 2.52. The first-order chi connectivity index (χ1) is 8.25. The van der Waals surface area contributed by atoms with Gasteiger partial charge in [0.1, 0.15) is 5.75 Å². The standard InChI is InChI=1S/C14H16N2O/c15-12-6-7-14(13(16)10-12)17-9-8-11-4-2-1-3-5-11/h1-7,10H,8-9,15-16H2. The van der Waals surface area contributed by atoms with Gasteiger partial charge in [-0.3, -0.25) is 0 Å². The van der Waals surface area contributed by atoms with Crippen LogP contribution < -0.4 is 16.2 Å². The Morgan fingerprint density at radius 2 is 1.71 bits per heavy atom. The molecule has 88 valence electrons. The first-order valence-corrected chi connectivity index (χ1v) is 5.57. The monoisotopic (exact) mass is 228 g/mol. The van der Waals surface area contributed by atoms with Crippen LogP contribution >= 0.6 is 0 Å². The molecule has 0 saturated carbocycles. The number of hydrogen-bond donors (Lipinski definition) is 2. The van der Waals surface area contributed by atoms with Crippen LogP contribution in [0.25, 0.3) is 0 Å². The van der Waals surface area contributed by atoms with Gasteiger partial charge in [-0.15, -0.1) is 0 Å². The van der Waals surface area contributed by atoms with Crippen LogP contribution in [0.3, 0.4) is 0 Å². The average molecular weight is 228 g/mol. The molecule has 0 radical (unpaired) electrons. The third-order valence-corrected chi connectivity index (χ3v) is 2.52. The number of anilines is 2. The Balaban J connectivity index is 1.90. The van der Waals surface area contributed by atoms with E-state index in [1.165, 1.54) is 5.56 Å². The normalized spacial score (nSPS) is 10.1. The molecule has 2 aromatic rings. The first kappa shape index (κ1) is 11.3. The smallest absolute Gasteiger partial charge is 0.142 e. The van der Waals surface area contributed by atoms with Gasteiger partial charge in [0.15, 0.2) is 0 Å². The van der Waals surface area contributed by atoms with Crippen molar-refractivity contribution in [3.8, 4) is 5.75 Å². The molecule has 0 aliphatic rings. The summed E-state index contributed by atoms with van der Waals surface area (Å²) in [6.07, 6.45) is 0.866. The van der Waals surface area contributed by atoms with E-state index in [0.29, 0.717) is 23.7 Å². The van der Waals surface area contributed by atoms with Crippen LogP contribution in [0.4, 0.5) is 11.4 Å². The molecule has 0 aromatic heterocycles. The number of nitrogens with two attached hydrogens (primary N) is 2.